The molecule has 1 aliphatic rings. The number of ether oxygens (including phenoxy) is 3. The number of nitrogens with one attached hydrogen (secondary N) is 1. The molecule has 184 valence electrons. The quantitative estimate of drug-likeness (QED) is 0.306. The van der Waals surface area contributed by atoms with E-state index in [4.69, 9.17) is 24.2 Å². The molecule has 0 atom stereocenters. The van der Waals surface area contributed by atoms with Gasteiger partial charge in [0.15, 0.2) is 17.1 Å². The highest BCUT2D eigenvalue weighted by molar-refractivity contribution is 5.88. The molecule has 0 aliphatic heterocycles. The summed E-state index contributed by atoms with van der Waals surface area (Å²) in [4.78, 5) is 14.3. The minimum Gasteiger partial charge on any atom is -0.493 e. The summed E-state index contributed by atoms with van der Waals surface area (Å²) in [6.07, 6.45) is 11.2. The number of benzene rings is 1. The van der Waals surface area contributed by atoms with E-state index in [1.54, 1.807) is 27.7 Å². The third kappa shape index (κ3) is 4.60. The molecular formula is C25H31N7O3. The second kappa shape index (κ2) is 9.81. The van der Waals surface area contributed by atoms with Crippen LogP contribution in [0.1, 0.15) is 50.8 Å². The van der Waals surface area contributed by atoms with Gasteiger partial charge in [-0.1, -0.05) is 19.8 Å². The Morgan fingerprint density at radius 2 is 1.80 bits per heavy atom. The molecule has 0 spiro atoms. The molecule has 35 heavy (non-hydrogen) atoms. The molecule has 1 saturated carbocycles. The molecular weight excluding hydrogens is 446 g/mol. The van der Waals surface area contributed by atoms with E-state index in [2.05, 4.69) is 22.3 Å². The Labute approximate surface area is 204 Å². The Morgan fingerprint density at radius 3 is 2.46 bits per heavy atom. The first kappa shape index (κ1) is 22.9. The van der Waals surface area contributed by atoms with Crippen LogP contribution in [0.25, 0.3) is 16.7 Å². The van der Waals surface area contributed by atoms with Crippen molar-refractivity contribution >= 4 is 22.7 Å². The second-order valence-electron chi connectivity index (χ2n) is 8.69. The van der Waals surface area contributed by atoms with Gasteiger partial charge in [-0.15, -0.1) is 0 Å². The number of anilines is 2. The molecule has 1 aliphatic carbocycles. The Bertz CT molecular complexity index is 1300. The molecule has 3 aromatic heterocycles. The standard InChI is InChI=1S/C25H31N7O3/c1-5-6-7-10-32-25-18(13-27-32)24(29-23(30-25)16-8-9-16)28-21-14-31(15-26-21)17-11-19(33-2)22(35-4)20(12-17)34-3/h11-16H,5-10H2,1-4H3,(H,28,29,30). The first-order valence-electron chi connectivity index (χ1n) is 12.0. The summed E-state index contributed by atoms with van der Waals surface area (Å²) in [5, 5.41) is 8.90. The predicted octanol–water partition coefficient (Wildman–Crippen LogP) is 4.85. The third-order valence-corrected chi connectivity index (χ3v) is 6.21. The number of nitrogens with zero attached hydrogens (tertiary/aromatic N) is 6. The van der Waals surface area contributed by atoms with Crippen molar-refractivity contribution in [2.75, 3.05) is 26.6 Å². The van der Waals surface area contributed by atoms with Crippen molar-refractivity contribution in [1.29, 1.82) is 0 Å². The van der Waals surface area contributed by atoms with Gasteiger partial charge in [0.2, 0.25) is 5.75 Å². The number of rotatable bonds is 11. The molecule has 4 aromatic rings. The van der Waals surface area contributed by atoms with Crippen LogP contribution < -0.4 is 19.5 Å². The van der Waals surface area contributed by atoms with Crippen LogP contribution >= 0.6 is 0 Å². The highest BCUT2D eigenvalue weighted by atomic mass is 16.5. The first-order chi connectivity index (χ1) is 17.1. The second-order valence-corrected chi connectivity index (χ2v) is 8.69. The Kier molecular flexibility index (Phi) is 6.43. The fourth-order valence-electron chi connectivity index (χ4n) is 4.13. The van der Waals surface area contributed by atoms with E-state index in [-0.39, 0.29) is 0 Å². The van der Waals surface area contributed by atoms with Crippen LogP contribution in [0.4, 0.5) is 11.6 Å². The zero-order chi connectivity index (χ0) is 24.4. The van der Waals surface area contributed by atoms with E-state index in [0.29, 0.717) is 29.0 Å². The number of methoxy groups -OCH3 is 3. The van der Waals surface area contributed by atoms with Crippen LogP contribution in [-0.2, 0) is 6.54 Å². The zero-order valence-electron chi connectivity index (χ0n) is 20.6. The highest BCUT2D eigenvalue weighted by Gasteiger charge is 2.28. The number of imidazole rings is 1. The summed E-state index contributed by atoms with van der Waals surface area (Å²) in [5.74, 6) is 4.40. The monoisotopic (exact) mass is 477 g/mol. The van der Waals surface area contributed by atoms with Crippen LogP contribution in [0.3, 0.4) is 0 Å². The molecule has 1 N–H and O–H groups in total. The van der Waals surface area contributed by atoms with E-state index < -0.39 is 0 Å². The van der Waals surface area contributed by atoms with Gasteiger partial charge in [-0.2, -0.15) is 5.10 Å². The maximum absolute atomic E-state index is 5.49. The lowest BCUT2D eigenvalue weighted by atomic mass is 10.2. The molecule has 0 unspecified atom stereocenters. The SMILES string of the molecule is CCCCCn1ncc2c(Nc3cn(-c4cc(OC)c(OC)c(OC)c4)cn3)nc(C3CC3)nc21. The molecule has 0 radical (unpaired) electrons. The fraction of sp³-hybridized carbons (Fsp3) is 0.440. The number of aryl methyl sites for hydroxylation is 1. The average Bonchev–Trinajstić information content (AvgIpc) is 3.50. The van der Waals surface area contributed by atoms with Gasteiger partial charge in [0.05, 0.1) is 44.8 Å². The van der Waals surface area contributed by atoms with Gasteiger partial charge in [0.25, 0.3) is 0 Å². The molecule has 10 nitrogen and oxygen atoms in total. The average molecular weight is 478 g/mol. The molecule has 5 rings (SSSR count). The van der Waals surface area contributed by atoms with Gasteiger partial charge in [0.1, 0.15) is 23.8 Å². The minimum atomic E-state index is 0.427. The molecule has 0 bridgehead atoms. The lowest BCUT2D eigenvalue weighted by Crippen LogP contribution is -2.05. The molecule has 1 fully saturated rings. The summed E-state index contributed by atoms with van der Waals surface area (Å²) >= 11 is 0. The number of hydrogen-bond donors (Lipinski definition) is 1. The molecule has 0 amide bonds. The first-order valence-corrected chi connectivity index (χ1v) is 12.0. The number of hydrogen-bond acceptors (Lipinski definition) is 8. The Hall–Kier alpha value is -3.82. The molecule has 0 saturated heterocycles. The van der Waals surface area contributed by atoms with Crippen molar-refractivity contribution < 1.29 is 14.2 Å². The van der Waals surface area contributed by atoms with Crippen LogP contribution in [0.15, 0.2) is 30.9 Å². The number of fused-ring (bicyclic) bond motifs is 1. The van der Waals surface area contributed by atoms with Crippen LogP contribution in [0.2, 0.25) is 0 Å². The van der Waals surface area contributed by atoms with E-state index in [1.165, 1.54) is 12.8 Å². The number of unbranched alkanes of at least 4 members (excludes halogenated alkanes) is 2. The van der Waals surface area contributed by atoms with Crippen molar-refractivity contribution in [2.45, 2.75) is 51.5 Å². The van der Waals surface area contributed by atoms with Gasteiger partial charge >= 0.3 is 0 Å². The minimum absolute atomic E-state index is 0.427. The maximum atomic E-state index is 5.49. The van der Waals surface area contributed by atoms with Gasteiger partial charge in [-0.25, -0.2) is 19.6 Å². The van der Waals surface area contributed by atoms with Gasteiger partial charge < -0.3 is 24.1 Å². The Morgan fingerprint density at radius 1 is 1.03 bits per heavy atom. The van der Waals surface area contributed by atoms with Crippen molar-refractivity contribution in [3.63, 3.8) is 0 Å². The van der Waals surface area contributed by atoms with Crippen molar-refractivity contribution in [3.8, 4) is 22.9 Å². The number of aromatic nitrogens is 6. The lowest BCUT2D eigenvalue weighted by molar-refractivity contribution is 0.324. The normalized spacial score (nSPS) is 13.3. The van der Waals surface area contributed by atoms with Crippen molar-refractivity contribution in [3.05, 3.63) is 36.7 Å². The molecule has 1 aromatic carbocycles. The summed E-state index contributed by atoms with van der Waals surface area (Å²) in [5.41, 5.74) is 1.71. The molecule has 3 heterocycles. The van der Waals surface area contributed by atoms with E-state index >= 15 is 0 Å². The fourth-order valence-corrected chi connectivity index (χ4v) is 4.13. The van der Waals surface area contributed by atoms with Gasteiger partial charge in [0, 0.05) is 24.6 Å². The van der Waals surface area contributed by atoms with Crippen molar-refractivity contribution in [1.82, 2.24) is 29.3 Å². The van der Waals surface area contributed by atoms with Gasteiger partial charge in [-0.3, -0.25) is 0 Å². The third-order valence-electron chi connectivity index (χ3n) is 6.21. The zero-order valence-corrected chi connectivity index (χ0v) is 20.6. The van der Waals surface area contributed by atoms with E-state index in [9.17, 15) is 0 Å². The molecule has 10 heteroatoms. The van der Waals surface area contributed by atoms with E-state index in [1.807, 2.05) is 33.8 Å². The predicted molar refractivity (Wildman–Crippen MR) is 133 cm³/mol. The summed E-state index contributed by atoms with van der Waals surface area (Å²) in [6, 6.07) is 3.75. The van der Waals surface area contributed by atoms with E-state index in [0.717, 1.165) is 54.2 Å². The smallest absolute Gasteiger partial charge is 0.203 e. The van der Waals surface area contributed by atoms with Crippen LogP contribution in [0, 0.1) is 0 Å². The van der Waals surface area contributed by atoms with Crippen LogP contribution in [0.5, 0.6) is 17.2 Å². The van der Waals surface area contributed by atoms with Crippen molar-refractivity contribution in [2.24, 2.45) is 0 Å². The largest absolute Gasteiger partial charge is 0.493 e. The van der Waals surface area contributed by atoms with Crippen LogP contribution in [-0.4, -0.2) is 50.6 Å². The maximum Gasteiger partial charge on any atom is 0.203 e. The summed E-state index contributed by atoms with van der Waals surface area (Å²) in [6.45, 7) is 3.06. The summed E-state index contributed by atoms with van der Waals surface area (Å²) < 4.78 is 20.3. The van der Waals surface area contributed by atoms with Gasteiger partial charge in [-0.05, 0) is 19.3 Å². The lowest BCUT2D eigenvalue weighted by Gasteiger charge is -2.14. The summed E-state index contributed by atoms with van der Waals surface area (Å²) in [7, 11) is 4.79. The Balaban J connectivity index is 1.46. The topological polar surface area (TPSA) is 101 Å². The highest BCUT2D eigenvalue weighted by Crippen LogP contribution is 2.41.